The maximum absolute atomic E-state index is 10.9. The van der Waals surface area contributed by atoms with E-state index in [0.717, 1.165) is 19.3 Å². The van der Waals surface area contributed by atoms with Gasteiger partial charge in [-0.15, -0.1) is 0 Å². The van der Waals surface area contributed by atoms with Crippen molar-refractivity contribution in [2.24, 2.45) is 0 Å². The molecule has 0 heterocycles. The molecule has 0 aliphatic carbocycles. The first kappa shape index (κ1) is 13.3. The Kier molecular flexibility index (Phi) is 9.20. The second-order valence-corrected chi connectivity index (χ2v) is 2.89. The molecule has 0 spiro atoms. The third-order valence-corrected chi connectivity index (χ3v) is 1.69. The minimum atomic E-state index is -0.209. The van der Waals surface area contributed by atoms with Crippen LogP contribution in [0.15, 0.2) is 0 Å². The second kappa shape index (κ2) is 10.4. The third-order valence-electron chi connectivity index (χ3n) is 1.69. The number of nitrogens with one attached hydrogen (secondary N) is 2. The molecule has 15 heavy (non-hydrogen) atoms. The number of hydrogen-bond acceptors (Lipinski definition) is 3. The average molecular weight is 212 g/mol. The lowest BCUT2D eigenvalue weighted by Gasteiger charge is -2.03. The van der Waals surface area contributed by atoms with Crippen LogP contribution in [0.2, 0.25) is 0 Å². The highest BCUT2D eigenvalue weighted by Crippen LogP contribution is 1.91. The molecule has 0 aromatic carbocycles. The summed E-state index contributed by atoms with van der Waals surface area (Å²) in [4.78, 5) is 20.8. The number of hydrogen-bond donors (Lipinski definition) is 2. The van der Waals surface area contributed by atoms with Crippen LogP contribution < -0.4 is 10.6 Å². The molecule has 0 aliphatic rings. The number of carbonyl (C=O) groups excluding carboxylic acids is 2. The van der Waals surface area contributed by atoms with Gasteiger partial charge in [-0.3, -0.25) is 9.59 Å². The smallest absolute Gasteiger partial charge is 0.259 e. The van der Waals surface area contributed by atoms with E-state index in [4.69, 9.17) is 6.42 Å². The summed E-state index contributed by atoms with van der Waals surface area (Å²) >= 11 is 0. The van der Waals surface area contributed by atoms with Crippen LogP contribution in [0.5, 0.6) is 0 Å². The number of rotatable bonds is 9. The Balaban J connectivity index is 3.13. The van der Waals surface area contributed by atoms with Gasteiger partial charge in [-0.25, -0.2) is 0 Å². The first-order chi connectivity index (χ1) is 7.31. The van der Waals surface area contributed by atoms with E-state index < -0.39 is 0 Å². The van der Waals surface area contributed by atoms with E-state index >= 15 is 0 Å². The van der Waals surface area contributed by atoms with Crippen molar-refractivity contribution < 1.29 is 14.3 Å². The fourth-order valence-electron chi connectivity index (χ4n) is 0.974. The summed E-state index contributed by atoms with van der Waals surface area (Å²) < 4.78 is 4.47. The van der Waals surface area contributed by atoms with E-state index in [1.165, 1.54) is 0 Å². The Hall–Kier alpha value is -1.70. The first-order valence-electron chi connectivity index (χ1n) is 4.82. The number of amides is 2. The van der Waals surface area contributed by atoms with Crippen molar-refractivity contribution in [3.8, 4) is 12.5 Å². The van der Waals surface area contributed by atoms with Gasteiger partial charge in [0.15, 0.2) is 6.61 Å². The molecule has 0 rings (SSSR count). The van der Waals surface area contributed by atoms with Gasteiger partial charge < -0.3 is 15.4 Å². The zero-order valence-corrected chi connectivity index (χ0v) is 8.62. The molecule has 0 saturated heterocycles. The zero-order chi connectivity index (χ0) is 11.4. The monoisotopic (exact) mass is 212 g/mol. The molecular formula is C10H16N2O3. The highest BCUT2D eigenvalue weighted by Gasteiger charge is 1.98. The summed E-state index contributed by atoms with van der Waals surface area (Å²) in [5.41, 5.74) is 0. The normalized spacial score (nSPS) is 8.73. The van der Waals surface area contributed by atoms with Crippen LogP contribution in [0.3, 0.4) is 0 Å². The van der Waals surface area contributed by atoms with Crippen molar-refractivity contribution in [1.82, 2.24) is 10.6 Å². The van der Waals surface area contributed by atoms with Gasteiger partial charge in [0.05, 0.1) is 0 Å². The fraction of sp³-hybridized carbons (Fsp3) is 0.600. The lowest BCUT2D eigenvalue weighted by Crippen LogP contribution is -2.28. The van der Waals surface area contributed by atoms with Crippen LogP contribution in [0.4, 0.5) is 0 Å². The van der Waals surface area contributed by atoms with Crippen molar-refractivity contribution in [3.05, 3.63) is 0 Å². The third kappa shape index (κ3) is 10.2. The Morgan fingerprint density at radius 1 is 1.33 bits per heavy atom. The van der Waals surface area contributed by atoms with Crippen LogP contribution >= 0.6 is 0 Å². The van der Waals surface area contributed by atoms with Gasteiger partial charge >= 0.3 is 0 Å². The number of terminal acetylenes is 1. The molecule has 2 N–H and O–H groups in total. The molecule has 0 aromatic heterocycles. The summed E-state index contributed by atoms with van der Waals surface area (Å²) in [6.45, 7) is 1.19. The molecule has 84 valence electrons. The van der Waals surface area contributed by atoms with E-state index in [2.05, 4.69) is 15.4 Å². The highest BCUT2D eigenvalue weighted by molar-refractivity contribution is 5.77. The van der Waals surface area contributed by atoms with Gasteiger partial charge in [-0.05, 0) is 19.3 Å². The van der Waals surface area contributed by atoms with E-state index in [0.29, 0.717) is 19.5 Å². The van der Waals surface area contributed by atoms with Gasteiger partial charge in [0.25, 0.3) is 5.91 Å². The zero-order valence-electron chi connectivity index (χ0n) is 8.62. The Labute approximate surface area is 89.6 Å². The summed E-state index contributed by atoms with van der Waals surface area (Å²) in [5, 5.41) is 5.22. The van der Waals surface area contributed by atoms with Crippen LogP contribution in [0.25, 0.3) is 0 Å². The topological polar surface area (TPSA) is 67.4 Å². The predicted octanol–water partition coefficient (Wildman–Crippen LogP) is -0.374. The second-order valence-electron chi connectivity index (χ2n) is 2.89. The van der Waals surface area contributed by atoms with Crippen LogP contribution in [0.1, 0.15) is 19.3 Å². The summed E-state index contributed by atoms with van der Waals surface area (Å²) in [6.07, 6.45) is 10.2. The number of carbonyl (C=O) groups is 2. The Morgan fingerprint density at radius 3 is 2.73 bits per heavy atom. The number of unbranched alkanes of at least 4 members (excludes halogenated alkanes) is 2. The SMILES string of the molecule is C#COCC(=O)NCCCCCNC=O. The minimum Gasteiger partial charge on any atom is -0.437 e. The molecule has 0 bridgehead atoms. The molecule has 0 aromatic rings. The summed E-state index contributed by atoms with van der Waals surface area (Å²) in [6, 6.07) is 0. The standard InChI is InChI=1S/C10H16N2O3/c1-2-15-8-10(14)12-7-5-3-4-6-11-9-13/h1,9H,3-8H2,(H,11,13)(H,12,14). The molecule has 0 atom stereocenters. The molecule has 0 radical (unpaired) electrons. The predicted molar refractivity (Wildman–Crippen MR) is 55.7 cm³/mol. The summed E-state index contributed by atoms with van der Waals surface area (Å²) in [5.74, 6) is -0.209. The summed E-state index contributed by atoms with van der Waals surface area (Å²) in [7, 11) is 0. The maximum Gasteiger partial charge on any atom is 0.259 e. The molecule has 0 fully saturated rings. The van der Waals surface area contributed by atoms with Crippen LogP contribution in [-0.2, 0) is 14.3 Å². The van der Waals surface area contributed by atoms with Gasteiger partial charge in [-0.1, -0.05) is 6.42 Å². The molecule has 5 nitrogen and oxygen atoms in total. The van der Waals surface area contributed by atoms with Crippen molar-refractivity contribution in [2.75, 3.05) is 19.7 Å². The largest absolute Gasteiger partial charge is 0.437 e. The highest BCUT2D eigenvalue weighted by atomic mass is 16.5. The van der Waals surface area contributed by atoms with Crippen molar-refractivity contribution >= 4 is 12.3 Å². The van der Waals surface area contributed by atoms with E-state index in [-0.39, 0.29) is 12.5 Å². The van der Waals surface area contributed by atoms with E-state index in [1.54, 1.807) is 0 Å². The molecule has 0 aliphatic heterocycles. The fourth-order valence-corrected chi connectivity index (χ4v) is 0.974. The number of ether oxygens (including phenoxy) is 1. The molecule has 0 unspecified atom stereocenters. The van der Waals surface area contributed by atoms with Crippen molar-refractivity contribution in [1.29, 1.82) is 0 Å². The molecular weight excluding hydrogens is 196 g/mol. The average Bonchev–Trinajstić information content (AvgIpc) is 2.25. The van der Waals surface area contributed by atoms with Gasteiger partial charge in [0.2, 0.25) is 6.41 Å². The maximum atomic E-state index is 10.9. The van der Waals surface area contributed by atoms with Gasteiger partial charge in [0.1, 0.15) is 6.11 Å². The van der Waals surface area contributed by atoms with E-state index in [1.807, 2.05) is 6.11 Å². The molecule has 2 amide bonds. The molecule has 5 heteroatoms. The van der Waals surface area contributed by atoms with E-state index in [9.17, 15) is 9.59 Å². The Bertz CT molecular complexity index is 223. The Morgan fingerprint density at radius 2 is 2.07 bits per heavy atom. The van der Waals surface area contributed by atoms with Crippen molar-refractivity contribution in [3.63, 3.8) is 0 Å². The molecule has 0 saturated carbocycles. The van der Waals surface area contributed by atoms with Crippen molar-refractivity contribution in [2.45, 2.75) is 19.3 Å². The lowest BCUT2D eigenvalue weighted by molar-refractivity contribution is -0.123. The van der Waals surface area contributed by atoms with Crippen LogP contribution in [0, 0.1) is 12.5 Å². The lowest BCUT2D eigenvalue weighted by atomic mass is 10.2. The van der Waals surface area contributed by atoms with Gasteiger partial charge in [-0.2, -0.15) is 0 Å². The minimum absolute atomic E-state index is 0.0941. The first-order valence-corrected chi connectivity index (χ1v) is 4.82. The van der Waals surface area contributed by atoms with Gasteiger partial charge in [0, 0.05) is 13.1 Å². The van der Waals surface area contributed by atoms with Crippen LogP contribution in [-0.4, -0.2) is 32.0 Å². The quantitative estimate of drug-likeness (QED) is 0.311.